The van der Waals surface area contributed by atoms with Gasteiger partial charge in [-0.05, 0) is 49.4 Å². The number of aryl methyl sites for hydroxylation is 1. The number of rotatable bonds is 5. The van der Waals surface area contributed by atoms with Gasteiger partial charge >= 0.3 is 0 Å². The van der Waals surface area contributed by atoms with Crippen molar-refractivity contribution in [2.45, 2.75) is 12.1 Å². The van der Waals surface area contributed by atoms with Crippen LogP contribution in [0.15, 0.2) is 58.5 Å². The number of carbonyl (C=O) groups is 1. The number of amides is 1. The van der Waals surface area contributed by atoms with Crippen molar-refractivity contribution in [3.63, 3.8) is 0 Å². The Balaban J connectivity index is 1.41. The van der Waals surface area contributed by atoms with E-state index in [1.807, 2.05) is 6.92 Å². The molecule has 2 N–H and O–H groups in total. The van der Waals surface area contributed by atoms with Gasteiger partial charge in [0.15, 0.2) is 16.7 Å². The Morgan fingerprint density at radius 1 is 1.15 bits per heavy atom. The molecule has 0 radical (unpaired) electrons. The van der Waals surface area contributed by atoms with E-state index in [1.54, 1.807) is 24.3 Å². The molecule has 8 nitrogen and oxygen atoms in total. The van der Waals surface area contributed by atoms with Crippen molar-refractivity contribution in [2.24, 2.45) is 0 Å². The molecule has 2 aromatic carbocycles. The first-order valence-electron chi connectivity index (χ1n) is 10.2. The average Bonchev–Trinajstić information content (AvgIpc) is 3.19. The molecule has 1 aliphatic rings. The summed E-state index contributed by atoms with van der Waals surface area (Å²) in [6, 6.07) is 12.5. The molecule has 168 valence electrons. The van der Waals surface area contributed by atoms with Gasteiger partial charge in [-0.25, -0.2) is 9.37 Å². The SMILES string of the molecule is Cc1cc2nc(SCC(=O)Nc3ccc4c(c3)OCCO4)n(-c3ccc(F)cc3)c(=O)c2[nH]1. The van der Waals surface area contributed by atoms with Gasteiger partial charge < -0.3 is 19.8 Å². The molecule has 0 saturated carbocycles. The Kier molecular flexibility index (Phi) is 5.51. The van der Waals surface area contributed by atoms with Crippen molar-refractivity contribution in [1.82, 2.24) is 14.5 Å². The Labute approximate surface area is 191 Å². The first kappa shape index (κ1) is 21.1. The summed E-state index contributed by atoms with van der Waals surface area (Å²) in [5.74, 6) is 0.534. The number of fused-ring (bicyclic) bond motifs is 2. The van der Waals surface area contributed by atoms with Crippen LogP contribution in [-0.2, 0) is 4.79 Å². The molecule has 0 saturated heterocycles. The van der Waals surface area contributed by atoms with Crippen LogP contribution in [-0.4, -0.2) is 39.4 Å². The van der Waals surface area contributed by atoms with E-state index in [0.717, 1.165) is 17.5 Å². The smallest absolute Gasteiger partial charge is 0.283 e. The Bertz CT molecular complexity index is 1410. The molecule has 1 aliphatic heterocycles. The van der Waals surface area contributed by atoms with Crippen LogP contribution in [0.3, 0.4) is 0 Å². The fourth-order valence-electron chi connectivity index (χ4n) is 3.54. The van der Waals surface area contributed by atoms with Crippen LogP contribution in [0.4, 0.5) is 10.1 Å². The van der Waals surface area contributed by atoms with E-state index >= 15 is 0 Å². The van der Waals surface area contributed by atoms with E-state index in [2.05, 4.69) is 15.3 Å². The second kappa shape index (κ2) is 8.62. The summed E-state index contributed by atoms with van der Waals surface area (Å²) in [7, 11) is 0. The zero-order chi connectivity index (χ0) is 22.9. The quantitative estimate of drug-likeness (QED) is 0.344. The molecule has 33 heavy (non-hydrogen) atoms. The van der Waals surface area contributed by atoms with Gasteiger partial charge in [-0.15, -0.1) is 0 Å². The van der Waals surface area contributed by atoms with Crippen LogP contribution in [0.1, 0.15) is 5.69 Å². The normalized spacial score (nSPS) is 12.7. The molecule has 1 amide bonds. The highest BCUT2D eigenvalue weighted by atomic mass is 32.2. The first-order valence-corrected chi connectivity index (χ1v) is 11.2. The van der Waals surface area contributed by atoms with E-state index in [0.29, 0.717) is 52.3 Å². The van der Waals surface area contributed by atoms with Crippen LogP contribution < -0.4 is 20.3 Å². The predicted molar refractivity (Wildman–Crippen MR) is 123 cm³/mol. The third-order valence-electron chi connectivity index (χ3n) is 5.00. The van der Waals surface area contributed by atoms with Gasteiger partial charge in [0.05, 0.1) is 17.0 Å². The van der Waals surface area contributed by atoms with E-state index < -0.39 is 5.82 Å². The number of hydrogen-bond donors (Lipinski definition) is 2. The molecular weight excluding hydrogens is 447 g/mol. The molecule has 0 fully saturated rings. The molecule has 0 unspecified atom stereocenters. The fourth-order valence-corrected chi connectivity index (χ4v) is 4.35. The molecule has 0 atom stereocenters. The molecule has 0 aliphatic carbocycles. The number of aromatic amines is 1. The molecule has 0 bridgehead atoms. The Hall–Kier alpha value is -3.79. The van der Waals surface area contributed by atoms with Crippen LogP contribution in [0.2, 0.25) is 0 Å². The van der Waals surface area contributed by atoms with Crippen molar-refractivity contribution < 1.29 is 18.7 Å². The third kappa shape index (κ3) is 4.29. The van der Waals surface area contributed by atoms with Crippen LogP contribution >= 0.6 is 11.8 Å². The second-order valence-electron chi connectivity index (χ2n) is 7.42. The van der Waals surface area contributed by atoms with Crippen molar-refractivity contribution in [3.05, 3.63) is 70.4 Å². The first-order chi connectivity index (χ1) is 16.0. The van der Waals surface area contributed by atoms with Gasteiger partial charge in [0.25, 0.3) is 5.56 Å². The summed E-state index contributed by atoms with van der Waals surface area (Å²) in [5.41, 5.74) is 2.35. The maximum Gasteiger partial charge on any atom is 0.283 e. The zero-order valence-electron chi connectivity index (χ0n) is 17.6. The number of hydrogen-bond acceptors (Lipinski definition) is 6. The van der Waals surface area contributed by atoms with E-state index in [-0.39, 0.29) is 17.2 Å². The lowest BCUT2D eigenvalue weighted by atomic mass is 10.2. The second-order valence-corrected chi connectivity index (χ2v) is 8.36. The number of ether oxygens (including phenoxy) is 2. The average molecular weight is 466 g/mol. The molecule has 2 aromatic heterocycles. The van der Waals surface area contributed by atoms with Gasteiger partial charge in [0, 0.05) is 17.4 Å². The molecule has 0 spiro atoms. The summed E-state index contributed by atoms with van der Waals surface area (Å²) < 4.78 is 25.9. The standard InChI is InChI=1S/C23H19FN4O4S/c1-13-10-17-21(25-13)22(30)28(16-5-2-14(24)3-6-16)23(27-17)33-12-20(29)26-15-4-7-18-19(11-15)32-9-8-31-18/h2-7,10-11,25H,8-9,12H2,1H3,(H,26,29). The predicted octanol–water partition coefficient (Wildman–Crippen LogP) is 3.66. The van der Waals surface area contributed by atoms with E-state index in [1.165, 1.54) is 28.8 Å². The van der Waals surface area contributed by atoms with Crippen molar-refractivity contribution in [1.29, 1.82) is 0 Å². The van der Waals surface area contributed by atoms with E-state index in [9.17, 15) is 14.0 Å². The molecule has 4 aromatic rings. The van der Waals surface area contributed by atoms with Gasteiger partial charge in [0.2, 0.25) is 5.91 Å². The number of aromatic nitrogens is 3. The number of carbonyl (C=O) groups excluding carboxylic acids is 1. The molecule has 3 heterocycles. The maximum absolute atomic E-state index is 13.4. The minimum Gasteiger partial charge on any atom is -0.486 e. The van der Waals surface area contributed by atoms with Gasteiger partial charge in [-0.1, -0.05) is 11.8 Å². The topological polar surface area (TPSA) is 98.2 Å². The summed E-state index contributed by atoms with van der Waals surface area (Å²) in [5, 5.41) is 3.15. The van der Waals surface area contributed by atoms with Crippen LogP contribution in [0, 0.1) is 12.7 Å². The number of halogens is 1. The highest BCUT2D eigenvalue weighted by Crippen LogP contribution is 2.32. The van der Waals surface area contributed by atoms with Crippen molar-refractivity contribution >= 4 is 34.4 Å². The molecular formula is C23H19FN4O4S. The zero-order valence-corrected chi connectivity index (χ0v) is 18.4. The summed E-state index contributed by atoms with van der Waals surface area (Å²) in [6.07, 6.45) is 0. The largest absolute Gasteiger partial charge is 0.486 e. The Morgan fingerprint density at radius 3 is 2.70 bits per heavy atom. The number of anilines is 1. The van der Waals surface area contributed by atoms with E-state index in [4.69, 9.17) is 9.47 Å². The number of nitrogens with one attached hydrogen (secondary N) is 2. The monoisotopic (exact) mass is 466 g/mol. The molecule has 5 rings (SSSR count). The lowest BCUT2D eigenvalue weighted by Gasteiger charge is -2.19. The van der Waals surface area contributed by atoms with Crippen LogP contribution in [0.25, 0.3) is 16.7 Å². The van der Waals surface area contributed by atoms with Gasteiger partial charge in [-0.2, -0.15) is 0 Å². The lowest BCUT2D eigenvalue weighted by molar-refractivity contribution is -0.113. The fraction of sp³-hybridized carbons (Fsp3) is 0.174. The lowest BCUT2D eigenvalue weighted by Crippen LogP contribution is -2.23. The highest BCUT2D eigenvalue weighted by Gasteiger charge is 2.17. The summed E-state index contributed by atoms with van der Waals surface area (Å²) in [6.45, 7) is 2.77. The minimum absolute atomic E-state index is 0.0109. The summed E-state index contributed by atoms with van der Waals surface area (Å²) in [4.78, 5) is 33.4. The van der Waals surface area contributed by atoms with Crippen LogP contribution in [0.5, 0.6) is 11.5 Å². The van der Waals surface area contributed by atoms with Gasteiger partial charge in [0.1, 0.15) is 24.5 Å². The number of H-pyrrole nitrogens is 1. The third-order valence-corrected chi connectivity index (χ3v) is 5.94. The van der Waals surface area contributed by atoms with Crippen molar-refractivity contribution in [3.8, 4) is 17.2 Å². The minimum atomic E-state index is -0.412. The maximum atomic E-state index is 13.4. The number of benzene rings is 2. The Morgan fingerprint density at radius 2 is 1.91 bits per heavy atom. The highest BCUT2D eigenvalue weighted by molar-refractivity contribution is 7.99. The van der Waals surface area contributed by atoms with Gasteiger partial charge in [-0.3, -0.25) is 14.2 Å². The number of thioether (sulfide) groups is 1. The number of nitrogens with zero attached hydrogens (tertiary/aromatic N) is 2. The molecule has 10 heteroatoms. The van der Waals surface area contributed by atoms with Crippen molar-refractivity contribution in [2.75, 3.05) is 24.3 Å². The summed E-state index contributed by atoms with van der Waals surface area (Å²) >= 11 is 1.12.